The second kappa shape index (κ2) is 9.22. The van der Waals surface area contributed by atoms with E-state index in [4.69, 9.17) is 0 Å². The first kappa shape index (κ1) is 20.3. The van der Waals surface area contributed by atoms with Crippen LogP contribution in [0, 0.1) is 12.8 Å². The van der Waals surface area contributed by atoms with Crippen LogP contribution in [0.25, 0.3) is 0 Å². The normalized spacial score (nSPS) is 14.5. The molecule has 1 saturated heterocycles. The molecule has 1 aliphatic heterocycles. The van der Waals surface area contributed by atoms with Gasteiger partial charge in [0, 0.05) is 36.5 Å². The van der Waals surface area contributed by atoms with Gasteiger partial charge in [-0.2, -0.15) is 0 Å². The molecule has 0 unspecified atom stereocenters. The van der Waals surface area contributed by atoms with Crippen molar-refractivity contribution >= 4 is 28.8 Å². The van der Waals surface area contributed by atoms with Gasteiger partial charge in [-0.3, -0.25) is 9.59 Å². The van der Waals surface area contributed by atoms with Crippen molar-refractivity contribution in [2.24, 2.45) is 5.92 Å². The van der Waals surface area contributed by atoms with Gasteiger partial charge in [0.1, 0.15) is 5.69 Å². The second-order valence-electron chi connectivity index (χ2n) is 7.71. The van der Waals surface area contributed by atoms with Crippen LogP contribution in [0.1, 0.15) is 39.5 Å². The fraction of sp³-hybridized carbons (Fsp3) is 0.292. The first-order valence-electron chi connectivity index (χ1n) is 10.2. The third-order valence-corrected chi connectivity index (χ3v) is 6.29. The Kier molecular flexibility index (Phi) is 6.23. The van der Waals surface area contributed by atoms with E-state index < -0.39 is 0 Å². The number of para-hydroxylation sites is 1. The molecular weight excluding hydrogens is 394 g/mol. The van der Waals surface area contributed by atoms with Gasteiger partial charge in [0.2, 0.25) is 5.91 Å². The van der Waals surface area contributed by atoms with Gasteiger partial charge < -0.3 is 10.2 Å². The molecule has 0 spiro atoms. The number of nitrogens with zero attached hydrogens (tertiary/aromatic N) is 2. The number of hydrogen-bond acceptors (Lipinski definition) is 4. The van der Waals surface area contributed by atoms with Crippen LogP contribution in [0.4, 0.5) is 5.69 Å². The average molecular weight is 420 g/mol. The molecule has 0 radical (unpaired) electrons. The summed E-state index contributed by atoms with van der Waals surface area (Å²) in [6.45, 7) is 3.23. The van der Waals surface area contributed by atoms with Crippen LogP contribution in [0.3, 0.4) is 0 Å². The smallest absolute Gasteiger partial charge is 0.273 e. The molecule has 5 nitrogen and oxygen atoms in total. The van der Waals surface area contributed by atoms with Crippen molar-refractivity contribution in [1.29, 1.82) is 0 Å². The fourth-order valence-corrected chi connectivity index (χ4v) is 4.45. The highest BCUT2D eigenvalue weighted by molar-refractivity contribution is 7.09. The SMILES string of the molecule is Cc1ccc(Cc2nc(C(=O)N3CCC(C(=O)Nc4ccccc4)CC3)cs2)cc1. The minimum atomic E-state index is -0.0678. The summed E-state index contributed by atoms with van der Waals surface area (Å²) in [6.07, 6.45) is 2.08. The molecule has 1 aromatic heterocycles. The summed E-state index contributed by atoms with van der Waals surface area (Å²) in [5.74, 6) is -0.0764. The zero-order valence-corrected chi connectivity index (χ0v) is 17.8. The van der Waals surface area contributed by atoms with Crippen molar-refractivity contribution in [3.8, 4) is 0 Å². The molecule has 3 aromatic rings. The van der Waals surface area contributed by atoms with Gasteiger partial charge in [-0.1, -0.05) is 48.0 Å². The number of benzene rings is 2. The van der Waals surface area contributed by atoms with Gasteiger partial charge in [0.25, 0.3) is 5.91 Å². The Hall–Kier alpha value is -2.99. The predicted molar refractivity (Wildman–Crippen MR) is 120 cm³/mol. The lowest BCUT2D eigenvalue weighted by molar-refractivity contribution is -0.121. The summed E-state index contributed by atoms with van der Waals surface area (Å²) < 4.78 is 0. The van der Waals surface area contributed by atoms with E-state index in [1.54, 1.807) is 0 Å². The molecule has 1 aliphatic rings. The topological polar surface area (TPSA) is 62.3 Å². The maximum absolute atomic E-state index is 12.8. The van der Waals surface area contributed by atoms with Crippen LogP contribution in [0.5, 0.6) is 0 Å². The molecule has 2 amide bonds. The number of aryl methyl sites for hydroxylation is 1. The molecule has 2 aromatic carbocycles. The molecule has 4 rings (SSSR count). The summed E-state index contributed by atoms with van der Waals surface area (Å²) in [7, 11) is 0. The van der Waals surface area contributed by atoms with Crippen LogP contribution in [-0.2, 0) is 11.2 Å². The minimum Gasteiger partial charge on any atom is -0.337 e. The first-order valence-corrected chi connectivity index (χ1v) is 11.1. The maximum atomic E-state index is 12.8. The van der Waals surface area contributed by atoms with Gasteiger partial charge in [-0.05, 0) is 37.5 Å². The van der Waals surface area contributed by atoms with E-state index in [2.05, 4.69) is 41.5 Å². The van der Waals surface area contributed by atoms with E-state index in [1.807, 2.05) is 40.6 Å². The molecule has 0 bridgehead atoms. The van der Waals surface area contributed by atoms with E-state index in [1.165, 1.54) is 22.5 Å². The third kappa shape index (κ3) is 4.94. The number of hydrogen-bond donors (Lipinski definition) is 1. The summed E-state index contributed by atoms with van der Waals surface area (Å²) in [4.78, 5) is 31.7. The molecule has 30 heavy (non-hydrogen) atoms. The standard InChI is InChI=1S/C24H25N3O2S/c1-17-7-9-18(10-8-17)15-22-26-21(16-30-22)24(29)27-13-11-19(12-14-27)23(28)25-20-5-3-2-4-6-20/h2-10,16,19H,11-15H2,1H3,(H,25,28). The molecule has 154 valence electrons. The lowest BCUT2D eigenvalue weighted by atomic mass is 9.95. The number of rotatable bonds is 5. The van der Waals surface area contributed by atoms with Crippen molar-refractivity contribution < 1.29 is 9.59 Å². The Morgan fingerprint density at radius 2 is 1.77 bits per heavy atom. The summed E-state index contributed by atoms with van der Waals surface area (Å²) in [5.41, 5.74) is 3.74. The Bertz CT molecular complexity index is 1010. The largest absolute Gasteiger partial charge is 0.337 e. The van der Waals surface area contributed by atoms with E-state index in [-0.39, 0.29) is 17.7 Å². The number of aromatic nitrogens is 1. The first-order chi connectivity index (χ1) is 14.6. The van der Waals surface area contributed by atoms with Crippen LogP contribution in [-0.4, -0.2) is 34.8 Å². The van der Waals surface area contributed by atoms with Crippen molar-refractivity contribution in [3.05, 3.63) is 81.8 Å². The third-order valence-electron chi connectivity index (χ3n) is 5.44. The molecule has 0 aliphatic carbocycles. The van der Waals surface area contributed by atoms with Crippen molar-refractivity contribution in [1.82, 2.24) is 9.88 Å². The quantitative estimate of drug-likeness (QED) is 0.661. The Labute approximate surface area is 180 Å². The monoisotopic (exact) mass is 419 g/mol. The lowest BCUT2D eigenvalue weighted by Gasteiger charge is -2.30. The highest BCUT2D eigenvalue weighted by Gasteiger charge is 2.28. The van der Waals surface area contributed by atoms with Crippen molar-refractivity contribution in [2.45, 2.75) is 26.2 Å². The minimum absolute atomic E-state index is 0.0299. The number of carbonyl (C=O) groups excluding carboxylic acids is 2. The number of anilines is 1. The summed E-state index contributed by atoms with van der Waals surface area (Å²) >= 11 is 1.52. The van der Waals surface area contributed by atoms with Gasteiger partial charge >= 0.3 is 0 Å². The summed E-state index contributed by atoms with van der Waals surface area (Å²) in [6, 6.07) is 17.9. The zero-order chi connectivity index (χ0) is 20.9. The molecule has 6 heteroatoms. The average Bonchev–Trinajstić information content (AvgIpc) is 3.24. The maximum Gasteiger partial charge on any atom is 0.273 e. The number of amides is 2. The van der Waals surface area contributed by atoms with E-state index >= 15 is 0 Å². The Morgan fingerprint density at radius 3 is 2.47 bits per heavy atom. The second-order valence-corrected chi connectivity index (χ2v) is 8.65. The number of likely N-dealkylation sites (tertiary alicyclic amines) is 1. The highest BCUT2D eigenvalue weighted by Crippen LogP contribution is 2.22. The van der Waals surface area contributed by atoms with E-state index in [0.29, 0.717) is 31.6 Å². The molecular formula is C24H25N3O2S. The fourth-order valence-electron chi connectivity index (χ4n) is 3.64. The van der Waals surface area contributed by atoms with Gasteiger partial charge in [0.05, 0.1) is 5.01 Å². The molecule has 2 heterocycles. The predicted octanol–water partition coefficient (Wildman–Crippen LogP) is 4.53. The van der Waals surface area contributed by atoms with Crippen LogP contribution in [0.15, 0.2) is 60.0 Å². The van der Waals surface area contributed by atoms with Crippen LogP contribution >= 0.6 is 11.3 Å². The highest BCUT2D eigenvalue weighted by atomic mass is 32.1. The van der Waals surface area contributed by atoms with Crippen molar-refractivity contribution in [2.75, 3.05) is 18.4 Å². The number of nitrogens with one attached hydrogen (secondary N) is 1. The van der Waals surface area contributed by atoms with E-state index in [0.717, 1.165) is 17.1 Å². The number of carbonyl (C=O) groups is 2. The van der Waals surface area contributed by atoms with Crippen LogP contribution < -0.4 is 5.32 Å². The number of thiazole rings is 1. The van der Waals surface area contributed by atoms with Gasteiger partial charge in [0.15, 0.2) is 0 Å². The van der Waals surface area contributed by atoms with E-state index in [9.17, 15) is 9.59 Å². The molecule has 0 saturated carbocycles. The molecule has 1 fully saturated rings. The van der Waals surface area contributed by atoms with Gasteiger partial charge in [-0.25, -0.2) is 4.98 Å². The summed E-state index contributed by atoms with van der Waals surface area (Å²) in [5, 5.41) is 5.76. The lowest BCUT2D eigenvalue weighted by Crippen LogP contribution is -2.41. The molecule has 1 N–H and O–H groups in total. The zero-order valence-electron chi connectivity index (χ0n) is 17.0. The van der Waals surface area contributed by atoms with Crippen molar-refractivity contribution in [3.63, 3.8) is 0 Å². The number of piperidine rings is 1. The van der Waals surface area contributed by atoms with Gasteiger partial charge in [-0.15, -0.1) is 11.3 Å². The Balaban J connectivity index is 1.30. The molecule has 0 atom stereocenters. The van der Waals surface area contributed by atoms with Crippen LogP contribution in [0.2, 0.25) is 0 Å². The Morgan fingerprint density at radius 1 is 1.07 bits per heavy atom.